The van der Waals surface area contributed by atoms with E-state index < -0.39 is 15.9 Å². The summed E-state index contributed by atoms with van der Waals surface area (Å²) in [6.07, 6.45) is 0. The summed E-state index contributed by atoms with van der Waals surface area (Å²) in [6, 6.07) is 12.6. The maximum atomic E-state index is 13.2. The van der Waals surface area contributed by atoms with Gasteiger partial charge in [-0.25, -0.2) is 8.42 Å². The summed E-state index contributed by atoms with van der Waals surface area (Å²) in [4.78, 5) is 12.5. The third kappa shape index (κ3) is 5.37. The molecule has 0 aliphatic heterocycles. The fourth-order valence-electron chi connectivity index (χ4n) is 2.38. The minimum atomic E-state index is -4.00. The van der Waals surface area contributed by atoms with Crippen molar-refractivity contribution >= 4 is 33.2 Å². The predicted octanol–water partition coefficient (Wildman–Crippen LogP) is 3.32. The number of halogens is 1. The van der Waals surface area contributed by atoms with Gasteiger partial charge in [0.1, 0.15) is 12.3 Å². The lowest BCUT2D eigenvalue weighted by Gasteiger charge is -2.26. The van der Waals surface area contributed by atoms with Crippen LogP contribution in [0.25, 0.3) is 0 Å². The molecule has 0 heterocycles. The number of carbonyl (C=O) groups is 1. The minimum Gasteiger partial charge on any atom is -0.495 e. The van der Waals surface area contributed by atoms with Gasteiger partial charge in [0.2, 0.25) is 5.91 Å². The molecule has 27 heavy (non-hydrogen) atoms. The lowest BCUT2D eigenvalue weighted by atomic mass is 10.2. The fraction of sp³-hybridized carbons (Fsp3) is 0.316. The number of ether oxygens (including phenoxy) is 1. The first-order valence-corrected chi connectivity index (χ1v) is 10.3. The number of anilines is 1. The number of hydrogen-bond donors (Lipinski definition) is 1. The number of amides is 1. The summed E-state index contributed by atoms with van der Waals surface area (Å²) in [7, 11) is -2.57. The van der Waals surface area contributed by atoms with Crippen LogP contribution in [0.1, 0.15) is 13.8 Å². The number of hydrogen-bond acceptors (Lipinski definition) is 4. The number of nitrogens with one attached hydrogen (secondary N) is 1. The Morgan fingerprint density at radius 1 is 1.19 bits per heavy atom. The zero-order valence-electron chi connectivity index (χ0n) is 15.5. The van der Waals surface area contributed by atoms with E-state index in [1.54, 1.807) is 30.3 Å². The summed E-state index contributed by atoms with van der Waals surface area (Å²) in [5.41, 5.74) is 0.202. The Balaban J connectivity index is 2.49. The summed E-state index contributed by atoms with van der Waals surface area (Å²) in [6.45, 7) is 3.98. The molecule has 0 spiro atoms. The van der Waals surface area contributed by atoms with Crippen molar-refractivity contribution in [1.29, 1.82) is 0 Å². The maximum absolute atomic E-state index is 13.2. The first kappa shape index (κ1) is 21.1. The molecule has 0 aromatic heterocycles. The van der Waals surface area contributed by atoms with Crippen molar-refractivity contribution in [3.8, 4) is 5.75 Å². The van der Waals surface area contributed by atoms with E-state index in [4.69, 9.17) is 16.3 Å². The molecule has 0 fully saturated rings. The van der Waals surface area contributed by atoms with E-state index in [9.17, 15) is 13.2 Å². The van der Waals surface area contributed by atoms with Gasteiger partial charge in [-0.05, 0) is 36.2 Å². The van der Waals surface area contributed by atoms with Crippen molar-refractivity contribution in [3.63, 3.8) is 0 Å². The first-order chi connectivity index (χ1) is 12.8. The Labute approximate surface area is 165 Å². The standard InChI is InChI=1S/C19H23ClN2O4S/c1-14(2)12-21-19(23)13-22(17-11-15(20)9-10-18(17)26-3)27(24,25)16-7-5-4-6-8-16/h4-11,14H,12-13H2,1-3H3,(H,21,23). The average Bonchev–Trinajstić information content (AvgIpc) is 2.65. The van der Waals surface area contributed by atoms with E-state index in [1.807, 2.05) is 13.8 Å². The SMILES string of the molecule is COc1ccc(Cl)cc1N(CC(=O)NCC(C)C)S(=O)(=O)c1ccccc1. The normalized spacial score (nSPS) is 11.3. The van der Waals surface area contributed by atoms with Crippen LogP contribution >= 0.6 is 11.6 Å². The van der Waals surface area contributed by atoms with Gasteiger partial charge in [0.15, 0.2) is 0 Å². The van der Waals surface area contributed by atoms with Gasteiger partial charge in [-0.3, -0.25) is 9.10 Å². The Bertz CT molecular complexity index is 886. The van der Waals surface area contributed by atoms with Gasteiger partial charge >= 0.3 is 0 Å². The molecule has 0 aliphatic carbocycles. The van der Waals surface area contributed by atoms with Crippen LogP contribution in [0.5, 0.6) is 5.75 Å². The van der Waals surface area contributed by atoms with Crippen molar-refractivity contribution in [2.75, 3.05) is 24.5 Å². The second-order valence-electron chi connectivity index (χ2n) is 6.34. The van der Waals surface area contributed by atoms with Gasteiger partial charge in [0, 0.05) is 11.6 Å². The highest BCUT2D eigenvalue weighted by Gasteiger charge is 2.29. The number of sulfonamides is 1. The fourth-order valence-corrected chi connectivity index (χ4v) is 3.99. The third-order valence-corrected chi connectivity index (χ3v) is 5.74. The van der Waals surface area contributed by atoms with Crippen LogP contribution in [0.2, 0.25) is 5.02 Å². The van der Waals surface area contributed by atoms with Crippen molar-refractivity contribution in [3.05, 3.63) is 53.6 Å². The van der Waals surface area contributed by atoms with E-state index in [2.05, 4.69) is 5.32 Å². The van der Waals surface area contributed by atoms with Crippen molar-refractivity contribution in [2.45, 2.75) is 18.7 Å². The molecule has 2 rings (SSSR count). The van der Waals surface area contributed by atoms with Crippen molar-refractivity contribution in [2.24, 2.45) is 5.92 Å². The van der Waals surface area contributed by atoms with Gasteiger partial charge in [-0.1, -0.05) is 43.6 Å². The van der Waals surface area contributed by atoms with Crippen LogP contribution in [-0.4, -0.2) is 34.5 Å². The second-order valence-corrected chi connectivity index (χ2v) is 8.64. The van der Waals surface area contributed by atoms with Gasteiger partial charge < -0.3 is 10.1 Å². The number of carbonyl (C=O) groups excluding carboxylic acids is 1. The summed E-state index contributed by atoms with van der Waals surface area (Å²) in [5.74, 6) is 0.134. The molecule has 6 nitrogen and oxygen atoms in total. The van der Waals surface area contributed by atoms with E-state index in [1.165, 1.54) is 25.3 Å². The number of rotatable bonds is 8. The molecule has 8 heteroatoms. The molecular formula is C19H23ClN2O4S. The topological polar surface area (TPSA) is 75.7 Å². The van der Waals surface area contributed by atoms with Crippen LogP contribution in [0.15, 0.2) is 53.4 Å². The Morgan fingerprint density at radius 3 is 2.44 bits per heavy atom. The maximum Gasteiger partial charge on any atom is 0.264 e. The molecule has 1 amide bonds. The quantitative estimate of drug-likeness (QED) is 0.724. The lowest BCUT2D eigenvalue weighted by Crippen LogP contribution is -2.42. The number of nitrogens with zero attached hydrogens (tertiary/aromatic N) is 1. The monoisotopic (exact) mass is 410 g/mol. The van der Waals surface area contributed by atoms with Crippen molar-refractivity contribution < 1.29 is 17.9 Å². The predicted molar refractivity (Wildman–Crippen MR) is 107 cm³/mol. The Kier molecular flexibility index (Phi) is 7.10. The molecule has 0 bridgehead atoms. The molecule has 0 aliphatic rings. The molecule has 0 unspecified atom stereocenters. The summed E-state index contributed by atoms with van der Waals surface area (Å²) in [5, 5.41) is 3.07. The van der Waals surface area contributed by atoms with E-state index in [0.29, 0.717) is 17.3 Å². The zero-order chi connectivity index (χ0) is 20.0. The Hall–Kier alpha value is -2.25. The first-order valence-electron chi connectivity index (χ1n) is 8.43. The average molecular weight is 411 g/mol. The molecule has 0 radical (unpaired) electrons. The molecule has 2 aromatic carbocycles. The van der Waals surface area contributed by atoms with E-state index >= 15 is 0 Å². The zero-order valence-corrected chi connectivity index (χ0v) is 17.0. The van der Waals surface area contributed by atoms with Gasteiger partial charge in [-0.2, -0.15) is 0 Å². The van der Waals surface area contributed by atoms with E-state index in [0.717, 1.165) is 4.31 Å². The van der Waals surface area contributed by atoms with Crippen LogP contribution in [-0.2, 0) is 14.8 Å². The smallest absolute Gasteiger partial charge is 0.264 e. The highest BCUT2D eigenvalue weighted by molar-refractivity contribution is 7.92. The lowest BCUT2D eigenvalue weighted by molar-refractivity contribution is -0.119. The van der Waals surface area contributed by atoms with Crippen LogP contribution in [0, 0.1) is 5.92 Å². The molecule has 0 saturated heterocycles. The third-order valence-electron chi connectivity index (χ3n) is 3.74. The largest absolute Gasteiger partial charge is 0.495 e. The van der Waals surface area contributed by atoms with Gasteiger partial charge in [0.25, 0.3) is 10.0 Å². The molecule has 1 N–H and O–H groups in total. The summed E-state index contributed by atoms with van der Waals surface area (Å²) >= 11 is 6.08. The van der Waals surface area contributed by atoms with Crippen LogP contribution in [0.3, 0.4) is 0 Å². The van der Waals surface area contributed by atoms with E-state index in [-0.39, 0.29) is 23.0 Å². The number of methoxy groups -OCH3 is 1. The molecule has 146 valence electrons. The molecule has 0 atom stereocenters. The summed E-state index contributed by atoms with van der Waals surface area (Å²) < 4.78 is 32.8. The highest BCUT2D eigenvalue weighted by atomic mass is 35.5. The minimum absolute atomic E-state index is 0.0729. The molecule has 2 aromatic rings. The van der Waals surface area contributed by atoms with Gasteiger partial charge in [-0.15, -0.1) is 0 Å². The van der Waals surface area contributed by atoms with Crippen LogP contribution < -0.4 is 14.4 Å². The molecular weight excluding hydrogens is 388 g/mol. The van der Waals surface area contributed by atoms with Crippen LogP contribution in [0.4, 0.5) is 5.69 Å². The van der Waals surface area contributed by atoms with Crippen molar-refractivity contribution in [1.82, 2.24) is 5.32 Å². The Morgan fingerprint density at radius 2 is 1.85 bits per heavy atom. The highest BCUT2D eigenvalue weighted by Crippen LogP contribution is 2.34. The second kappa shape index (κ2) is 9.10. The molecule has 0 saturated carbocycles. The number of benzene rings is 2. The van der Waals surface area contributed by atoms with Gasteiger partial charge in [0.05, 0.1) is 17.7 Å².